The molecule has 0 saturated carbocycles. The van der Waals surface area contributed by atoms with Crippen LogP contribution in [0.4, 0.5) is 4.39 Å². The van der Waals surface area contributed by atoms with Gasteiger partial charge in [-0.05, 0) is 85.8 Å². The molecular formula is C28H25ClFN3O3. The summed E-state index contributed by atoms with van der Waals surface area (Å²) in [6.07, 6.45) is 1.69. The van der Waals surface area contributed by atoms with Crippen LogP contribution in [0.1, 0.15) is 46.4 Å². The second kappa shape index (κ2) is 11.3. The maximum absolute atomic E-state index is 13.9. The van der Waals surface area contributed by atoms with Gasteiger partial charge in [-0.25, -0.2) is 14.4 Å². The van der Waals surface area contributed by atoms with Crippen LogP contribution in [0.15, 0.2) is 60.7 Å². The van der Waals surface area contributed by atoms with Gasteiger partial charge in [0.1, 0.15) is 5.82 Å². The number of fused-ring (bicyclic) bond motifs is 1. The zero-order valence-corrected chi connectivity index (χ0v) is 20.5. The van der Waals surface area contributed by atoms with Crippen molar-refractivity contribution in [2.75, 3.05) is 0 Å². The molecule has 0 atom stereocenters. The summed E-state index contributed by atoms with van der Waals surface area (Å²) in [6, 6.07) is 17.2. The van der Waals surface area contributed by atoms with Crippen molar-refractivity contribution in [1.29, 1.82) is 0 Å². The summed E-state index contributed by atoms with van der Waals surface area (Å²) >= 11 is 6.02. The van der Waals surface area contributed by atoms with Gasteiger partial charge in [-0.1, -0.05) is 23.7 Å². The van der Waals surface area contributed by atoms with E-state index in [1.807, 2.05) is 12.1 Å². The molecule has 0 aliphatic carbocycles. The average molecular weight is 506 g/mol. The van der Waals surface area contributed by atoms with E-state index in [1.165, 1.54) is 6.07 Å². The smallest absolute Gasteiger partial charge is 0.303 e. The first-order chi connectivity index (χ1) is 17.3. The van der Waals surface area contributed by atoms with Gasteiger partial charge < -0.3 is 10.4 Å². The number of amides is 1. The minimum absolute atomic E-state index is 0.0724. The molecule has 2 N–H and O–H groups in total. The standard InChI is InChI=1S/C28H25ClFN3O3/c1-17-13-19(9-11-22(17)30)27-24(7-2-3-8-26(34)35)32-25-15-20(10-12-23(25)33-27)28(36)31-16-18-5-4-6-21(29)14-18/h4-6,9-15H,2-3,7-8,16H2,1H3,(H,31,36)(H,34,35). The second-order valence-electron chi connectivity index (χ2n) is 8.60. The third-order valence-corrected chi connectivity index (χ3v) is 6.06. The van der Waals surface area contributed by atoms with Crippen LogP contribution in [-0.2, 0) is 17.8 Å². The first-order valence-electron chi connectivity index (χ1n) is 11.6. The minimum atomic E-state index is -0.845. The number of hydrogen-bond donors (Lipinski definition) is 2. The lowest BCUT2D eigenvalue weighted by Crippen LogP contribution is -2.22. The van der Waals surface area contributed by atoms with Crippen LogP contribution < -0.4 is 5.32 Å². The highest BCUT2D eigenvalue weighted by Crippen LogP contribution is 2.27. The van der Waals surface area contributed by atoms with E-state index in [1.54, 1.807) is 49.4 Å². The molecule has 1 aromatic heterocycles. The van der Waals surface area contributed by atoms with Crippen LogP contribution in [-0.4, -0.2) is 27.0 Å². The van der Waals surface area contributed by atoms with Gasteiger partial charge in [-0.3, -0.25) is 9.59 Å². The number of nitrogens with zero attached hydrogens (tertiary/aromatic N) is 2. The monoisotopic (exact) mass is 505 g/mol. The molecule has 1 heterocycles. The Morgan fingerprint density at radius 2 is 1.83 bits per heavy atom. The number of unbranched alkanes of at least 4 members (excludes halogenated alkanes) is 1. The average Bonchev–Trinajstić information content (AvgIpc) is 2.86. The van der Waals surface area contributed by atoms with E-state index in [-0.39, 0.29) is 18.1 Å². The number of benzene rings is 3. The van der Waals surface area contributed by atoms with E-state index < -0.39 is 5.97 Å². The molecule has 8 heteroatoms. The van der Waals surface area contributed by atoms with E-state index in [4.69, 9.17) is 26.7 Å². The normalized spacial score (nSPS) is 11.0. The first kappa shape index (κ1) is 25.3. The number of aliphatic carboxylic acids is 1. The Kier molecular flexibility index (Phi) is 7.90. The fraction of sp³-hybridized carbons (Fsp3) is 0.214. The number of halogens is 2. The number of nitrogens with one attached hydrogen (secondary N) is 1. The molecular weight excluding hydrogens is 481 g/mol. The zero-order valence-electron chi connectivity index (χ0n) is 19.7. The van der Waals surface area contributed by atoms with Crippen LogP contribution in [0, 0.1) is 12.7 Å². The van der Waals surface area contributed by atoms with Crippen LogP contribution in [0.2, 0.25) is 5.02 Å². The summed E-state index contributed by atoms with van der Waals surface area (Å²) < 4.78 is 13.9. The molecule has 1 amide bonds. The summed E-state index contributed by atoms with van der Waals surface area (Å²) in [4.78, 5) is 33.3. The molecule has 0 radical (unpaired) electrons. The quantitative estimate of drug-likeness (QED) is 0.267. The molecule has 0 aliphatic rings. The Labute approximate surface area is 213 Å². The van der Waals surface area contributed by atoms with Crippen molar-refractivity contribution in [2.45, 2.75) is 39.2 Å². The molecule has 0 unspecified atom stereocenters. The van der Waals surface area contributed by atoms with Gasteiger partial charge in [0.05, 0.1) is 22.4 Å². The highest BCUT2D eigenvalue weighted by atomic mass is 35.5. The number of hydrogen-bond acceptors (Lipinski definition) is 4. The number of rotatable bonds is 9. The zero-order chi connectivity index (χ0) is 25.7. The number of carbonyl (C=O) groups is 2. The second-order valence-corrected chi connectivity index (χ2v) is 9.04. The van der Waals surface area contributed by atoms with Crippen LogP contribution in [0.25, 0.3) is 22.3 Å². The SMILES string of the molecule is Cc1cc(-c2nc3ccc(C(=O)NCc4cccc(Cl)c4)cc3nc2CCCCC(=O)O)ccc1F. The van der Waals surface area contributed by atoms with Gasteiger partial charge in [0.25, 0.3) is 5.91 Å². The third kappa shape index (κ3) is 6.23. The van der Waals surface area contributed by atoms with Crippen molar-refractivity contribution in [3.05, 3.63) is 93.9 Å². The van der Waals surface area contributed by atoms with Gasteiger partial charge in [0, 0.05) is 29.1 Å². The van der Waals surface area contributed by atoms with Crippen molar-refractivity contribution in [1.82, 2.24) is 15.3 Å². The Morgan fingerprint density at radius 3 is 2.58 bits per heavy atom. The van der Waals surface area contributed by atoms with E-state index in [0.717, 1.165) is 11.1 Å². The van der Waals surface area contributed by atoms with Crippen LogP contribution in [0.5, 0.6) is 0 Å². The maximum Gasteiger partial charge on any atom is 0.303 e. The third-order valence-electron chi connectivity index (χ3n) is 5.83. The van der Waals surface area contributed by atoms with Gasteiger partial charge in [-0.2, -0.15) is 0 Å². The lowest BCUT2D eigenvalue weighted by atomic mass is 10.0. The Bertz CT molecular complexity index is 1440. The Balaban J connectivity index is 1.63. The summed E-state index contributed by atoms with van der Waals surface area (Å²) in [5, 5.41) is 12.4. The Morgan fingerprint density at radius 1 is 1.00 bits per heavy atom. The van der Waals surface area contributed by atoms with Crippen LogP contribution >= 0.6 is 11.6 Å². The van der Waals surface area contributed by atoms with Crippen molar-refractivity contribution >= 4 is 34.5 Å². The van der Waals surface area contributed by atoms with Gasteiger partial charge in [0.2, 0.25) is 0 Å². The van der Waals surface area contributed by atoms with Crippen molar-refractivity contribution < 1.29 is 19.1 Å². The minimum Gasteiger partial charge on any atom is -0.481 e. The molecule has 6 nitrogen and oxygen atoms in total. The highest BCUT2D eigenvalue weighted by Gasteiger charge is 2.15. The van der Waals surface area contributed by atoms with E-state index >= 15 is 0 Å². The van der Waals surface area contributed by atoms with Gasteiger partial charge in [0.15, 0.2) is 0 Å². The number of carboxylic acids is 1. The Hall–Kier alpha value is -3.84. The van der Waals surface area contributed by atoms with Crippen molar-refractivity contribution in [2.24, 2.45) is 0 Å². The lowest BCUT2D eigenvalue weighted by molar-refractivity contribution is -0.137. The highest BCUT2D eigenvalue weighted by molar-refractivity contribution is 6.30. The van der Waals surface area contributed by atoms with E-state index in [2.05, 4.69) is 5.32 Å². The predicted molar refractivity (Wildman–Crippen MR) is 137 cm³/mol. The predicted octanol–water partition coefficient (Wildman–Crippen LogP) is 6.13. The van der Waals surface area contributed by atoms with Gasteiger partial charge >= 0.3 is 5.97 Å². The lowest BCUT2D eigenvalue weighted by Gasteiger charge is -2.12. The number of aryl methyl sites for hydroxylation is 2. The summed E-state index contributed by atoms with van der Waals surface area (Å²) in [5.41, 5.74) is 5.03. The maximum atomic E-state index is 13.9. The largest absolute Gasteiger partial charge is 0.481 e. The molecule has 184 valence electrons. The topological polar surface area (TPSA) is 92.2 Å². The molecule has 0 aliphatic heterocycles. The number of aromatic nitrogens is 2. The molecule has 0 fully saturated rings. The molecule has 0 saturated heterocycles. The van der Waals surface area contributed by atoms with Crippen LogP contribution in [0.3, 0.4) is 0 Å². The molecule has 4 rings (SSSR count). The van der Waals surface area contributed by atoms with Crippen molar-refractivity contribution in [3.63, 3.8) is 0 Å². The van der Waals surface area contributed by atoms with Crippen molar-refractivity contribution in [3.8, 4) is 11.3 Å². The molecule has 0 bridgehead atoms. The first-order valence-corrected chi connectivity index (χ1v) is 12.0. The van der Waals surface area contributed by atoms with Gasteiger partial charge in [-0.15, -0.1) is 0 Å². The van der Waals surface area contributed by atoms with E-state index in [0.29, 0.717) is 64.4 Å². The summed E-state index contributed by atoms with van der Waals surface area (Å²) in [5.74, 6) is -1.40. The summed E-state index contributed by atoms with van der Waals surface area (Å²) in [7, 11) is 0. The summed E-state index contributed by atoms with van der Waals surface area (Å²) in [6.45, 7) is 2.02. The van der Waals surface area contributed by atoms with E-state index in [9.17, 15) is 14.0 Å². The number of carbonyl (C=O) groups excluding carboxylic acids is 1. The molecule has 36 heavy (non-hydrogen) atoms. The fourth-order valence-electron chi connectivity index (χ4n) is 3.93. The fourth-order valence-corrected chi connectivity index (χ4v) is 4.14. The number of carboxylic acid groups (broad SMARTS) is 1. The molecule has 3 aromatic carbocycles. The molecule has 4 aromatic rings. The molecule has 0 spiro atoms.